The molecule has 0 radical (unpaired) electrons. The van der Waals surface area contributed by atoms with Gasteiger partial charge in [0.15, 0.2) is 0 Å². The van der Waals surface area contributed by atoms with Crippen LogP contribution in [0.3, 0.4) is 0 Å². The molecule has 1 atom stereocenters. The van der Waals surface area contributed by atoms with E-state index in [9.17, 15) is 9.59 Å². The number of carbonyl (C=O) groups is 2. The molecule has 2 rings (SSSR count). The molecule has 102 valence electrons. The van der Waals surface area contributed by atoms with Gasteiger partial charge in [-0.2, -0.15) is 0 Å². The van der Waals surface area contributed by atoms with E-state index in [2.05, 4.69) is 4.74 Å². The van der Waals surface area contributed by atoms with E-state index in [4.69, 9.17) is 5.11 Å². The number of hydrogen-bond donors (Lipinski definition) is 1. The molecule has 1 aromatic carbocycles. The normalized spacial score (nSPS) is 19.3. The van der Waals surface area contributed by atoms with Crippen LogP contribution in [-0.4, -0.2) is 41.6 Å². The number of hydrogen-bond acceptors (Lipinski definition) is 4. The zero-order valence-electron chi connectivity index (χ0n) is 10.8. The summed E-state index contributed by atoms with van der Waals surface area (Å²) >= 11 is 0. The monoisotopic (exact) mass is 263 g/mol. The predicted molar refractivity (Wildman–Crippen MR) is 68.8 cm³/mol. The van der Waals surface area contributed by atoms with E-state index in [-0.39, 0.29) is 5.97 Å². The van der Waals surface area contributed by atoms with Crippen molar-refractivity contribution < 1.29 is 19.4 Å². The van der Waals surface area contributed by atoms with Crippen molar-refractivity contribution in [3.63, 3.8) is 0 Å². The second-order valence-corrected chi connectivity index (χ2v) is 4.66. The number of ether oxygens (including phenoxy) is 1. The molecule has 1 N–H and O–H groups in total. The van der Waals surface area contributed by atoms with Crippen LogP contribution in [0.1, 0.15) is 28.8 Å². The molecule has 1 aliphatic rings. The van der Waals surface area contributed by atoms with Crippen molar-refractivity contribution in [3.8, 4) is 0 Å². The van der Waals surface area contributed by atoms with Gasteiger partial charge >= 0.3 is 11.9 Å². The van der Waals surface area contributed by atoms with Crippen LogP contribution in [0.25, 0.3) is 0 Å². The Balaban J connectivity index is 2.10. The Bertz CT molecular complexity index is 486. The zero-order valence-corrected chi connectivity index (χ0v) is 10.8. The Morgan fingerprint density at radius 1 is 1.47 bits per heavy atom. The summed E-state index contributed by atoms with van der Waals surface area (Å²) in [5.41, 5.74) is 1.42. The minimum absolute atomic E-state index is 0.377. The molecule has 0 aliphatic carbocycles. The number of nitrogens with zero attached hydrogens (tertiary/aromatic N) is 1. The molecule has 1 unspecified atom stereocenters. The lowest BCUT2D eigenvalue weighted by molar-refractivity contribution is -0.142. The van der Waals surface area contributed by atoms with Crippen LogP contribution in [0.4, 0.5) is 0 Å². The Morgan fingerprint density at radius 2 is 2.26 bits per heavy atom. The number of esters is 1. The van der Waals surface area contributed by atoms with E-state index in [1.807, 2.05) is 11.0 Å². The highest BCUT2D eigenvalue weighted by atomic mass is 16.5. The van der Waals surface area contributed by atoms with E-state index in [0.717, 1.165) is 18.5 Å². The Labute approximate surface area is 111 Å². The van der Waals surface area contributed by atoms with Crippen LogP contribution in [-0.2, 0) is 16.1 Å². The first-order chi connectivity index (χ1) is 9.11. The zero-order chi connectivity index (χ0) is 13.8. The summed E-state index contributed by atoms with van der Waals surface area (Å²) in [4.78, 5) is 24.5. The van der Waals surface area contributed by atoms with Crippen LogP contribution < -0.4 is 0 Å². The van der Waals surface area contributed by atoms with Crippen molar-refractivity contribution in [2.75, 3.05) is 13.7 Å². The van der Waals surface area contributed by atoms with Crippen molar-refractivity contribution >= 4 is 11.9 Å². The first kappa shape index (κ1) is 13.5. The van der Waals surface area contributed by atoms with Crippen molar-refractivity contribution in [3.05, 3.63) is 35.4 Å². The summed E-state index contributed by atoms with van der Waals surface area (Å²) in [5.74, 6) is -1.15. The fraction of sp³-hybridized carbons (Fsp3) is 0.429. The van der Waals surface area contributed by atoms with Gasteiger partial charge in [-0.05, 0) is 37.1 Å². The molecule has 19 heavy (non-hydrogen) atoms. The maximum Gasteiger partial charge on any atom is 0.337 e. The van der Waals surface area contributed by atoms with E-state index in [1.165, 1.54) is 7.11 Å². The van der Waals surface area contributed by atoms with Crippen LogP contribution >= 0.6 is 0 Å². The maximum absolute atomic E-state index is 11.4. The predicted octanol–water partition coefficient (Wildman–Crippen LogP) is 1.52. The molecule has 1 fully saturated rings. The third kappa shape index (κ3) is 3.12. The summed E-state index contributed by atoms with van der Waals surface area (Å²) in [6.07, 6.45) is 1.58. The van der Waals surface area contributed by atoms with Gasteiger partial charge in [-0.25, -0.2) is 4.79 Å². The van der Waals surface area contributed by atoms with Crippen molar-refractivity contribution in [1.29, 1.82) is 0 Å². The molecule has 1 aromatic rings. The summed E-state index contributed by atoms with van der Waals surface area (Å²) in [6.45, 7) is 1.32. The summed E-state index contributed by atoms with van der Waals surface area (Å²) < 4.78 is 4.67. The topological polar surface area (TPSA) is 66.8 Å². The van der Waals surface area contributed by atoms with Crippen LogP contribution in [0.15, 0.2) is 24.3 Å². The second kappa shape index (κ2) is 5.84. The van der Waals surface area contributed by atoms with Crippen molar-refractivity contribution in [1.82, 2.24) is 4.90 Å². The highest BCUT2D eigenvalue weighted by molar-refractivity contribution is 5.89. The average Bonchev–Trinajstić information content (AvgIpc) is 2.86. The van der Waals surface area contributed by atoms with Gasteiger partial charge in [0, 0.05) is 6.54 Å². The van der Waals surface area contributed by atoms with Crippen LogP contribution in [0.2, 0.25) is 0 Å². The quantitative estimate of drug-likeness (QED) is 0.834. The third-order valence-corrected chi connectivity index (χ3v) is 3.38. The summed E-state index contributed by atoms with van der Waals surface area (Å²) in [5, 5.41) is 9.13. The van der Waals surface area contributed by atoms with Crippen molar-refractivity contribution in [2.45, 2.75) is 25.4 Å². The number of carboxylic acid groups (broad SMARTS) is 1. The molecule has 5 nitrogen and oxygen atoms in total. The molecule has 1 saturated heterocycles. The van der Waals surface area contributed by atoms with E-state index in [1.54, 1.807) is 18.2 Å². The van der Waals surface area contributed by atoms with Gasteiger partial charge in [-0.3, -0.25) is 9.69 Å². The minimum atomic E-state index is -0.776. The number of methoxy groups -OCH3 is 1. The Hall–Kier alpha value is -1.88. The summed E-state index contributed by atoms with van der Waals surface area (Å²) in [7, 11) is 1.34. The molecular formula is C14H17NO4. The standard InChI is InChI=1S/C14H17NO4/c1-19-14(18)11-5-2-4-10(8-11)9-15-7-3-6-12(15)13(16)17/h2,4-5,8,12H,3,6-7,9H2,1H3,(H,16,17). The highest BCUT2D eigenvalue weighted by Crippen LogP contribution is 2.20. The second-order valence-electron chi connectivity index (χ2n) is 4.66. The smallest absolute Gasteiger partial charge is 0.337 e. The number of carboxylic acids is 1. The molecule has 0 spiro atoms. The molecular weight excluding hydrogens is 246 g/mol. The molecule has 5 heteroatoms. The highest BCUT2D eigenvalue weighted by Gasteiger charge is 2.30. The lowest BCUT2D eigenvalue weighted by Crippen LogP contribution is -2.35. The number of likely N-dealkylation sites (tertiary alicyclic amines) is 1. The number of carbonyl (C=O) groups excluding carboxylic acids is 1. The fourth-order valence-corrected chi connectivity index (χ4v) is 2.44. The van der Waals surface area contributed by atoms with Gasteiger partial charge in [0.25, 0.3) is 0 Å². The molecule has 1 heterocycles. The van der Waals surface area contributed by atoms with E-state index < -0.39 is 12.0 Å². The van der Waals surface area contributed by atoms with Gasteiger partial charge in [-0.1, -0.05) is 12.1 Å². The average molecular weight is 263 g/mol. The fourth-order valence-electron chi connectivity index (χ4n) is 2.44. The van der Waals surface area contributed by atoms with E-state index in [0.29, 0.717) is 18.5 Å². The lowest BCUT2D eigenvalue weighted by Gasteiger charge is -2.21. The van der Waals surface area contributed by atoms with Crippen molar-refractivity contribution in [2.24, 2.45) is 0 Å². The molecule has 0 bridgehead atoms. The largest absolute Gasteiger partial charge is 0.480 e. The van der Waals surface area contributed by atoms with Gasteiger partial charge in [-0.15, -0.1) is 0 Å². The maximum atomic E-state index is 11.4. The Morgan fingerprint density at radius 3 is 2.95 bits per heavy atom. The molecule has 0 aromatic heterocycles. The molecule has 1 aliphatic heterocycles. The lowest BCUT2D eigenvalue weighted by atomic mass is 10.1. The first-order valence-electron chi connectivity index (χ1n) is 6.26. The SMILES string of the molecule is COC(=O)c1cccc(CN2CCCC2C(=O)O)c1. The molecule has 0 amide bonds. The van der Waals surface area contributed by atoms with Gasteiger partial charge < -0.3 is 9.84 Å². The Kier molecular flexibility index (Phi) is 4.16. The van der Waals surface area contributed by atoms with Gasteiger partial charge in [0.2, 0.25) is 0 Å². The van der Waals surface area contributed by atoms with Gasteiger partial charge in [0.05, 0.1) is 12.7 Å². The van der Waals surface area contributed by atoms with E-state index >= 15 is 0 Å². The first-order valence-corrected chi connectivity index (χ1v) is 6.26. The minimum Gasteiger partial charge on any atom is -0.480 e. The molecule has 0 saturated carbocycles. The summed E-state index contributed by atoms with van der Waals surface area (Å²) in [6, 6.07) is 6.70. The number of rotatable bonds is 4. The van der Waals surface area contributed by atoms with Crippen LogP contribution in [0, 0.1) is 0 Å². The number of benzene rings is 1. The van der Waals surface area contributed by atoms with Crippen LogP contribution in [0.5, 0.6) is 0 Å². The third-order valence-electron chi connectivity index (χ3n) is 3.38. The van der Waals surface area contributed by atoms with Gasteiger partial charge in [0.1, 0.15) is 6.04 Å². The number of aliphatic carboxylic acids is 1.